The Morgan fingerprint density at radius 3 is 0.744 bits per heavy atom. The van der Waals surface area contributed by atoms with Gasteiger partial charge in [-0.15, -0.1) is 0 Å². The highest BCUT2D eigenvalue weighted by Gasteiger charge is 2.16. The average Bonchev–Trinajstić information content (AvgIpc) is 3.49. The number of hydrogen-bond donors (Lipinski definition) is 1. The zero-order valence-corrected chi connectivity index (χ0v) is 55.5. The van der Waals surface area contributed by atoms with Crippen LogP contribution in [0.25, 0.3) is 0 Å². The highest BCUT2D eigenvalue weighted by atomic mass is 16.6. The molecule has 0 saturated heterocycles. The first-order chi connectivity index (χ1) is 40.6. The summed E-state index contributed by atoms with van der Waals surface area (Å²) in [5.74, 6) is -0.566. The van der Waals surface area contributed by atoms with Gasteiger partial charge in [-0.25, -0.2) is 0 Å². The number of allylic oxidation sites excluding steroid dienone is 8. The highest BCUT2D eigenvalue weighted by Crippen LogP contribution is 2.19. The second kappa shape index (κ2) is 73.1. The summed E-state index contributed by atoms with van der Waals surface area (Å²) in [6.07, 6.45) is 98.9. The summed E-state index contributed by atoms with van der Waals surface area (Å²) >= 11 is 0. The summed E-state index contributed by atoms with van der Waals surface area (Å²) < 4.78 is 10.8. The van der Waals surface area contributed by atoms with Crippen molar-refractivity contribution in [3.63, 3.8) is 0 Å². The lowest BCUT2D eigenvalue weighted by molar-refractivity contribution is -0.161. The molecule has 5 nitrogen and oxygen atoms in total. The molecule has 0 fully saturated rings. The van der Waals surface area contributed by atoms with Gasteiger partial charge in [-0.1, -0.05) is 371 Å². The van der Waals surface area contributed by atoms with Crippen LogP contribution in [0.3, 0.4) is 0 Å². The molecule has 0 aromatic heterocycles. The quantitative estimate of drug-likeness (QED) is 0.0373. The molecule has 82 heavy (non-hydrogen) atoms. The lowest BCUT2D eigenvalue weighted by Crippen LogP contribution is -2.28. The molecule has 0 aliphatic carbocycles. The standard InChI is InChI=1S/C77H144O5/c1-3-5-7-9-11-13-15-17-19-21-23-25-27-29-31-33-35-37-38-40-41-43-45-47-49-51-53-55-57-59-61-63-65-67-69-71-76(79)81-74-75(73-78)82-77(80)72-70-68-66-64-62-60-58-56-54-52-50-48-46-44-42-39-36-34-32-30-28-26-24-22-20-18-16-14-12-10-8-6-4-2/h16,18,21-24,28,30,75,78H,3-15,17,19-20,25-27,29,31-74H2,1-2H3/b18-16-,23-21-,24-22-,30-28-. The van der Waals surface area contributed by atoms with E-state index < -0.39 is 6.10 Å². The number of hydrogen-bond acceptors (Lipinski definition) is 5. The summed E-state index contributed by atoms with van der Waals surface area (Å²) in [5.41, 5.74) is 0. The van der Waals surface area contributed by atoms with Crippen LogP contribution in [0.15, 0.2) is 48.6 Å². The van der Waals surface area contributed by atoms with Crippen molar-refractivity contribution in [3.05, 3.63) is 48.6 Å². The molecule has 5 heteroatoms. The fraction of sp³-hybridized carbons (Fsp3) is 0.870. The molecule has 0 aromatic carbocycles. The Morgan fingerprint density at radius 2 is 0.488 bits per heavy atom. The highest BCUT2D eigenvalue weighted by molar-refractivity contribution is 5.70. The van der Waals surface area contributed by atoms with E-state index in [1.54, 1.807) is 0 Å². The topological polar surface area (TPSA) is 72.8 Å². The summed E-state index contributed by atoms with van der Waals surface area (Å²) in [5, 5.41) is 9.71. The van der Waals surface area contributed by atoms with Gasteiger partial charge in [-0.2, -0.15) is 0 Å². The third kappa shape index (κ3) is 70.3. The maximum atomic E-state index is 12.4. The average molecular weight is 1150 g/mol. The zero-order chi connectivity index (χ0) is 59.1. The van der Waals surface area contributed by atoms with Crippen molar-refractivity contribution in [2.24, 2.45) is 0 Å². The number of aliphatic hydroxyl groups excluding tert-OH is 1. The molecule has 0 radical (unpaired) electrons. The number of ether oxygens (including phenoxy) is 2. The molecule has 0 bridgehead atoms. The van der Waals surface area contributed by atoms with Crippen molar-refractivity contribution in [2.75, 3.05) is 13.2 Å². The molecular formula is C77H144O5. The van der Waals surface area contributed by atoms with E-state index in [9.17, 15) is 14.7 Å². The van der Waals surface area contributed by atoms with E-state index in [0.717, 1.165) is 44.9 Å². The van der Waals surface area contributed by atoms with Crippen molar-refractivity contribution >= 4 is 11.9 Å². The lowest BCUT2D eigenvalue weighted by Gasteiger charge is -2.15. The maximum absolute atomic E-state index is 12.4. The van der Waals surface area contributed by atoms with Gasteiger partial charge >= 0.3 is 11.9 Å². The molecule has 0 aliphatic rings. The minimum absolute atomic E-state index is 0.0601. The van der Waals surface area contributed by atoms with Crippen LogP contribution in [0, 0.1) is 0 Å². The van der Waals surface area contributed by atoms with Gasteiger partial charge in [0.05, 0.1) is 6.61 Å². The molecule has 0 aliphatic heterocycles. The number of carbonyl (C=O) groups excluding carboxylic acids is 2. The Balaban J connectivity index is 3.39. The molecule has 1 atom stereocenters. The fourth-order valence-electron chi connectivity index (χ4n) is 11.5. The number of unbranched alkanes of at least 4 members (excludes halogenated alkanes) is 54. The van der Waals surface area contributed by atoms with Gasteiger partial charge in [0.15, 0.2) is 6.10 Å². The molecule has 0 amide bonds. The first-order valence-electron chi connectivity index (χ1n) is 37.2. The van der Waals surface area contributed by atoms with Gasteiger partial charge in [-0.3, -0.25) is 9.59 Å². The number of carbonyl (C=O) groups is 2. The molecule has 0 spiro atoms. The van der Waals surface area contributed by atoms with Crippen molar-refractivity contribution in [1.82, 2.24) is 0 Å². The number of rotatable bonds is 70. The van der Waals surface area contributed by atoms with Crippen LogP contribution in [-0.4, -0.2) is 36.4 Å². The predicted molar refractivity (Wildman–Crippen MR) is 362 cm³/mol. The largest absolute Gasteiger partial charge is 0.462 e. The van der Waals surface area contributed by atoms with E-state index >= 15 is 0 Å². The minimum Gasteiger partial charge on any atom is -0.462 e. The van der Waals surface area contributed by atoms with E-state index in [4.69, 9.17) is 9.47 Å². The first kappa shape index (κ1) is 79.9. The smallest absolute Gasteiger partial charge is 0.306 e. The summed E-state index contributed by atoms with van der Waals surface area (Å²) in [6, 6.07) is 0. The molecule has 1 unspecified atom stereocenters. The number of aliphatic hydroxyl groups is 1. The minimum atomic E-state index is -0.771. The Kier molecular flexibility index (Phi) is 71.2. The van der Waals surface area contributed by atoms with Gasteiger partial charge in [0, 0.05) is 12.8 Å². The van der Waals surface area contributed by atoms with Crippen LogP contribution in [0.4, 0.5) is 0 Å². The normalized spacial score (nSPS) is 12.4. The monoisotopic (exact) mass is 1150 g/mol. The zero-order valence-electron chi connectivity index (χ0n) is 55.5. The second-order valence-corrected chi connectivity index (χ2v) is 25.4. The molecule has 0 saturated carbocycles. The molecular weight excluding hydrogens is 1000 g/mol. The summed E-state index contributed by atoms with van der Waals surface area (Å²) in [4.78, 5) is 24.7. The Hall–Kier alpha value is -2.14. The molecule has 0 aromatic rings. The SMILES string of the molecule is CCCCCCC/C=C\C/C=C\C/C=C\CCCCCCCCCCCCCCCCCCCCC(=O)OC(CO)COC(=O)CCCCCCCCCCCCCCCCCCCCCCCCC/C=C\CCCCCCCCCC. The van der Waals surface area contributed by atoms with Crippen LogP contribution in [-0.2, 0) is 19.1 Å². The molecule has 1 N–H and O–H groups in total. The van der Waals surface area contributed by atoms with Crippen molar-refractivity contribution in [2.45, 2.75) is 418 Å². The van der Waals surface area contributed by atoms with E-state index in [1.165, 1.54) is 340 Å². The molecule has 0 heterocycles. The van der Waals surface area contributed by atoms with E-state index in [0.29, 0.717) is 12.8 Å². The van der Waals surface area contributed by atoms with Gasteiger partial charge in [-0.05, 0) is 77.0 Å². The van der Waals surface area contributed by atoms with Crippen molar-refractivity contribution in [1.29, 1.82) is 0 Å². The molecule has 0 rings (SSSR count). The molecule has 482 valence electrons. The van der Waals surface area contributed by atoms with Crippen molar-refractivity contribution < 1.29 is 24.2 Å². The van der Waals surface area contributed by atoms with Gasteiger partial charge < -0.3 is 14.6 Å². The fourth-order valence-corrected chi connectivity index (χ4v) is 11.5. The Morgan fingerprint density at radius 1 is 0.280 bits per heavy atom. The van der Waals surface area contributed by atoms with Crippen LogP contribution in [0.5, 0.6) is 0 Å². The van der Waals surface area contributed by atoms with E-state index in [2.05, 4.69) is 62.5 Å². The Bertz CT molecular complexity index is 1350. The third-order valence-electron chi connectivity index (χ3n) is 17.1. The van der Waals surface area contributed by atoms with Crippen LogP contribution < -0.4 is 0 Å². The van der Waals surface area contributed by atoms with Crippen molar-refractivity contribution in [3.8, 4) is 0 Å². The Labute approximate surface area is 513 Å². The third-order valence-corrected chi connectivity index (χ3v) is 17.1. The van der Waals surface area contributed by atoms with Crippen LogP contribution >= 0.6 is 0 Å². The van der Waals surface area contributed by atoms with E-state index in [-0.39, 0.29) is 25.2 Å². The number of esters is 2. The summed E-state index contributed by atoms with van der Waals surface area (Å²) in [7, 11) is 0. The van der Waals surface area contributed by atoms with Crippen LogP contribution in [0.1, 0.15) is 412 Å². The van der Waals surface area contributed by atoms with Gasteiger partial charge in [0.25, 0.3) is 0 Å². The predicted octanol–water partition coefficient (Wildman–Crippen LogP) is 25.9. The van der Waals surface area contributed by atoms with Gasteiger partial charge in [0.2, 0.25) is 0 Å². The summed E-state index contributed by atoms with van der Waals surface area (Å²) in [6.45, 7) is 4.19. The first-order valence-corrected chi connectivity index (χ1v) is 37.2. The van der Waals surface area contributed by atoms with Crippen LogP contribution in [0.2, 0.25) is 0 Å². The van der Waals surface area contributed by atoms with Gasteiger partial charge in [0.1, 0.15) is 6.61 Å². The lowest BCUT2D eigenvalue weighted by atomic mass is 10.0. The second-order valence-electron chi connectivity index (χ2n) is 25.4. The maximum Gasteiger partial charge on any atom is 0.306 e. The van der Waals surface area contributed by atoms with E-state index in [1.807, 2.05) is 0 Å².